The van der Waals surface area contributed by atoms with E-state index in [4.69, 9.17) is 19.1 Å². The molecule has 0 saturated heterocycles. The fraction of sp³-hybridized carbons (Fsp3) is 0.857. The third-order valence-corrected chi connectivity index (χ3v) is 3.78. The summed E-state index contributed by atoms with van der Waals surface area (Å²) in [5.74, 6) is 0. The summed E-state index contributed by atoms with van der Waals surface area (Å²) in [6.07, 6.45) is 4.98. The Morgan fingerprint density at radius 2 is 1.17 bits per heavy atom. The first kappa shape index (κ1) is 41.3. The van der Waals surface area contributed by atoms with E-state index in [1.807, 2.05) is 6.92 Å². The quantitative estimate of drug-likeness (QED) is 0.347. The second-order valence-corrected chi connectivity index (χ2v) is 5.47. The van der Waals surface area contributed by atoms with E-state index in [-0.39, 0.29) is 134 Å². The van der Waals surface area contributed by atoms with Crippen LogP contribution in [0.2, 0.25) is 0 Å². The van der Waals surface area contributed by atoms with Crippen molar-refractivity contribution in [2.75, 3.05) is 14.2 Å². The van der Waals surface area contributed by atoms with Gasteiger partial charge in [0.2, 0.25) is 0 Å². The number of hydrogen-bond acceptors (Lipinski definition) is 4. The zero-order chi connectivity index (χ0) is 13.1. The van der Waals surface area contributed by atoms with Crippen molar-refractivity contribution in [3.8, 4) is 0 Å². The Morgan fingerprint density at radius 3 is 1.35 bits per heavy atom. The number of aliphatic hydroxyl groups excluding tert-OH is 1. The van der Waals surface area contributed by atoms with Crippen molar-refractivity contribution in [3.63, 3.8) is 0 Å². The van der Waals surface area contributed by atoms with Gasteiger partial charge in [0, 0.05) is 133 Å². The Morgan fingerprint density at radius 1 is 0.870 bits per heavy atom. The molecule has 0 amide bonds. The van der Waals surface area contributed by atoms with E-state index >= 15 is 0 Å². The number of aliphatic hydroxyl groups is 1. The summed E-state index contributed by atoms with van der Waals surface area (Å²) in [7, 11) is 5.66. The van der Waals surface area contributed by atoms with E-state index in [1.165, 1.54) is 0 Å². The molecule has 0 bridgehead atoms. The molecule has 1 atom stereocenters. The second kappa shape index (κ2) is 19.2. The molecule has 1 N–H and O–H groups in total. The summed E-state index contributed by atoms with van der Waals surface area (Å²) in [5.41, 5.74) is 0.00991. The molecular weight excluding hydrogens is 809 g/mol. The van der Waals surface area contributed by atoms with Gasteiger partial charge in [0.1, 0.15) is 0 Å². The van der Waals surface area contributed by atoms with Crippen LogP contribution in [0.5, 0.6) is 0 Å². The van der Waals surface area contributed by atoms with Crippen molar-refractivity contribution in [2.45, 2.75) is 65.6 Å². The van der Waals surface area contributed by atoms with Gasteiger partial charge < -0.3 is 19.1 Å². The van der Waals surface area contributed by atoms with Gasteiger partial charge in [-0.3, -0.25) is 0 Å². The minimum atomic E-state index is -0.0515. The van der Waals surface area contributed by atoms with Gasteiger partial charge in [-0.15, -0.1) is 25.7 Å². The van der Waals surface area contributed by atoms with Crippen LogP contribution in [0.4, 0.5) is 0 Å². The van der Waals surface area contributed by atoms with Crippen molar-refractivity contribution in [3.05, 3.63) is 12.2 Å². The topological polar surface area (TPSA) is 47.9 Å². The molecule has 0 aromatic heterocycles. The van der Waals surface area contributed by atoms with Gasteiger partial charge in [-0.1, -0.05) is 14.9 Å². The van der Waals surface area contributed by atoms with Crippen molar-refractivity contribution < 1.29 is 127 Å². The Hall–Kier alpha value is 3.85. The average Bonchev–Trinajstić information content (AvgIpc) is 2.23. The third-order valence-electron chi connectivity index (χ3n) is 3.45. The smallest absolute Gasteiger partial charge is 0.0359 e. The standard InChI is InChI=1S/C6H12O2P.C6H11O2.2CH4.2W.2Y/c1-6(7-2)3-5(4-6)8-9;1-6(8-2)3-5(7)4-6;;;;;;/h3-4,9H2,1-2H3;7H,3-4H2,1-2H3;2*1H4;;;;/q2*-1;;;;;;. The van der Waals surface area contributed by atoms with Gasteiger partial charge in [0.25, 0.3) is 0 Å². The second-order valence-electron chi connectivity index (χ2n) is 5.24. The molecule has 2 radical (unpaired) electrons. The monoisotopic (exact) mass is 840 g/mol. The van der Waals surface area contributed by atoms with Crippen molar-refractivity contribution >= 4 is 9.47 Å². The molecule has 2 aliphatic rings. The first-order chi connectivity index (χ1) is 7.86. The summed E-state index contributed by atoms with van der Waals surface area (Å²) >= 11 is 0. The molecule has 0 aromatic rings. The predicted octanol–water partition coefficient (Wildman–Crippen LogP) is 3.88. The Bertz CT molecular complexity index is 255. The molecule has 136 valence electrons. The van der Waals surface area contributed by atoms with Crippen molar-refractivity contribution in [1.82, 2.24) is 0 Å². The fourth-order valence-electron chi connectivity index (χ4n) is 1.97. The van der Waals surface area contributed by atoms with Crippen LogP contribution in [0.3, 0.4) is 0 Å². The molecular formula is C14H31O4PW2Y2-2. The maximum absolute atomic E-state index is 8.75. The van der Waals surface area contributed by atoms with Crippen LogP contribution in [0.15, 0.2) is 0 Å². The van der Waals surface area contributed by atoms with Gasteiger partial charge in [-0.25, -0.2) is 0 Å². The van der Waals surface area contributed by atoms with Crippen LogP contribution in [0, 0.1) is 12.2 Å². The van der Waals surface area contributed by atoms with Gasteiger partial charge in [0.15, 0.2) is 0 Å². The van der Waals surface area contributed by atoms with Crippen molar-refractivity contribution in [1.29, 1.82) is 0 Å². The zero-order valence-electron chi connectivity index (χ0n) is 13.0. The van der Waals surface area contributed by atoms with Crippen LogP contribution in [0.1, 0.15) is 54.4 Å². The molecule has 0 spiro atoms. The summed E-state index contributed by atoms with van der Waals surface area (Å²) in [4.78, 5) is 0. The van der Waals surface area contributed by atoms with Crippen LogP contribution in [0.25, 0.3) is 0 Å². The van der Waals surface area contributed by atoms with Crippen LogP contribution in [-0.4, -0.2) is 30.5 Å². The molecule has 2 aliphatic carbocycles. The molecule has 2 fully saturated rings. The first-order valence-corrected chi connectivity index (χ1v) is 6.19. The number of rotatable bonds is 3. The van der Waals surface area contributed by atoms with Gasteiger partial charge in [0.05, 0.1) is 0 Å². The van der Waals surface area contributed by atoms with Crippen LogP contribution in [-0.2, 0) is 122 Å². The van der Waals surface area contributed by atoms with E-state index in [2.05, 4.69) is 16.4 Å². The van der Waals surface area contributed by atoms with Gasteiger partial charge in [-0.05, 0) is 23.3 Å². The maximum Gasteiger partial charge on any atom is 0.0359 e. The van der Waals surface area contributed by atoms with E-state index in [1.54, 1.807) is 14.2 Å². The van der Waals surface area contributed by atoms with Crippen LogP contribution >= 0.6 is 9.47 Å². The molecule has 4 nitrogen and oxygen atoms in total. The summed E-state index contributed by atoms with van der Waals surface area (Å²) < 4.78 is 15.2. The SMILES string of the molecule is C.C.COC1(C)C[C-](O)C1.COC1(C)C[C-](OP)C1.[W].[W].[Y].[Y]. The molecule has 0 aromatic carbocycles. The Labute approximate surface area is 225 Å². The molecule has 2 saturated carbocycles. The molecule has 1 unspecified atom stereocenters. The summed E-state index contributed by atoms with van der Waals surface area (Å²) in [6, 6.07) is 0. The molecule has 2 rings (SSSR count). The summed E-state index contributed by atoms with van der Waals surface area (Å²) in [6.45, 7) is 4.08. The zero-order valence-corrected chi connectivity index (χ0v) is 25.7. The summed E-state index contributed by atoms with van der Waals surface area (Å²) in [5, 5.41) is 8.75. The number of hydrogen-bond donors (Lipinski definition) is 1. The fourth-order valence-corrected chi connectivity index (χ4v) is 2.13. The van der Waals surface area contributed by atoms with E-state index < -0.39 is 0 Å². The normalized spacial score (nSPS) is 19.6. The van der Waals surface area contributed by atoms with Crippen LogP contribution < -0.4 is 0 Å². The Kier molecular flexibility index (Phi) is 34.4. The minimum Gasteiger partial charge on any atom is -0.563 e. The predicted molar refractivity (Wildman–Crippen MR) is 82.0 cm³/mol. The third kappa shape index (κ3) is 14.5. The number of methoxy groups -OCH3 is 2. The molecule has 23 heavy (non-hydrogen) atoms. The Balaban J connectivity index is -0.0000000500. The first-order valence-electron chi connectivity index (χ1n) is 5.72. The van der Waals surface area contributed by atoms with Crippen molar-refractivity contribution in [2.24, 2.45) is 0 Å². The molecule has 9 heteroatoms. The number of ether oxygens (including phenoxy) is 2. The average molecular weight is 840 g/mol. The van der Waals surface area contributed by atoms with Gasteiger partial charge in [-0.2, -0.15) is 12.2 Å². The van der Waals surface area contributed by atoms with E-state index in [9.17, 15) is 0 Å². The van der Waals surface area contributed by atoms with Gasteiger partial charge >= 0.3 is 0 Å². The van der Waals surface area contributed by atoms with E-state index in [0.29, 0.717) is 18.9 Å². The molecule has 0 heterocycles. The minimum absolute atomic E-state index is 0. The maximum atomic E-state index is 8.75. The van der Waals surface area contributed by atoms with E-state index in [0.717, 1.165) is 18.9 Å². The largest absolute Gasteiger partial charge is 0.563 e. The molecule has 0 aliphatic heterocycles.